The fraction of sp³-hybridized carbons (Fsp3) is 0. The molecule has 1 heterocycles. The van der Waals surface area contributed by atoms with E-state index in [4.69, 9.17) is 11.8 Å². The Bertz CT molecular complexity index is 912. The molecule has 126 valence electrons. The molecule has 0 saturated heterocycles. The van der Waals surface area contributed by atoms with E-state index in [0.29, 0.717) is 15.5 Å². The van der Waals surface area contributed by atoms with Gasteiger partial charge in [0.2, 0.25) is 0 Å². The molecule has 1 aromatic heterocycles. The molecule has 3 aromatic rings. The number of aromatic carboxylic acids is 1. The van der Waals surface area contributed by atoms with Crippen molar-refractivity contribution in [3.05, 3.63) is 78.0 Å². The van der Waals surface area contributed by atoms with Crippen molar-refractivity contribution in [3.8, 4) is 11.1 Å². The minimum absolute atomic E-state index is 0.275. The van der Waals surface area contributed by atoms with Gasteiger partial charge in [-0.05, 0) is 35.4 Å². The van der Waals surface area contributed by atoms with Gasteiger partial charge in [0.05, 0.1) is 0 Å². The van der Waals surface area contributed by atoms with Gasteiger partial charge in [0.15, 0.2) is 17.5 Å². The smallest absolute Gasteiger partial charge is 0.339 e. The normalized spacial score (nSPS) is 10.5. The molecule has 0 radical (unpaired) electrons. The highest BCUT2D eigenvalue weighted by atomic mass is 35.5. The van der Waals surface area contributed by atoms with Crippen molar-refractivity contribution < 1.29 is 18.7 Å². The van der Waals surface area contributed by atoms with E-state index in [1.165, 1.54) is 18.3 Å². The van der Waals surface area contributed by atoms with Gasteiger partial charge in [-0.15, -0.1) is 0 Å². The maximum absolute atomic E-state index is 14.5. The number of carboxylic acid groups (broad SMARTS) is 1. The maximum Gasteiger partial charge on any atom is 0.339 e. The molecule has 0 aliphatic heterocycles. The molecule has 0 atom stereocenters. The number of nitrogens with zero attached hydrogens (tertiary/aromatic N) is 2. The van der Waals surface area contributed by atoms with Gasteiger partial charge in [-0.25, -0.2) is 23.0 Å². The third kappa shape index (κ3) is 3.29. The van der Waals surface area contributed by atoms with Crippen LogP contribution in [0.15, 0.2) is 60.8 Å². The molecule has 0 amide bonds. The summed E-state index contributed by atoms with van der Waals surface area (Å²) < 4.78 is 29.6. The van der Waals surface area contributed by atoms with Gasteiger partial charge in [-0.3, -0.25) is 0 Å². The van der Waals surface area contributed by atoms with Crippen molar-refractivity contribution in [2.75, 3.05) is 4.42 Å². The number of hydrogen-bond donors (Lipinski definition) is 1. The first-order valence-electron chi connectivity index (χ1n) is 7.17. The van der Waals surface area contributed by atoms with E-state index in [-0.39, 0.29) is 11.4 Å². The quantitative estimate of drug-likeness (QED) is 0.664. The van der Waals surface area contributed by atoms with E-state index in [9.17, 15) is 18.7 Å². The first-order chi connectivity index (χ1) is 12.0. The summed E-state index contributed by atoms with van der Waals surface area (Å²) in [5, 5.41) is 9.18. The Hall–Kier alpha value is -2.99. The average molecular weight is 361 g/mol. The Morgan fingerprint density at radius 2 is 1.64 bits per heavy atom. The van der Waals surface area contributed by atoms with Gasteiger partial charge >= 0.3 is 5.97 Å². The van der Waals surface area contributed by atoms with Crippen molar-refractivity contribution in [2.24, 2.45) is 0 Å². The van der Waals surface area contributed by atoms with Crippen LogP contribution in [0, 0.1) is 11.6 Å². The van der Waals surface area contributed by atoms with Crippen LogP contribution in [0.4, 0.5) is 20.3 Å². The maximum atomic E-state index is 14.5. The fourth-order valence-electron chi connectivity index (χ4n) is 2.38. The number of anilines is 2. The van der Waals surface area contributed by atoms with Crippen LogP contribution in [0.1, 0.15) is 10.4 Å². The van der Waals surface area contributed by atoms with Gasteiger partial charge in [-0.2, -0.15) is 0 Å². The van der Waals surface area contributed by atoms with Crippen molar-refractivity contribution >= 4 is 29.3 Å². The summed E-state index contributed by atoms with van der Waals surface area (Å²) in [6.45, 7) is 0. The summed E-state index contributed by atoms with van der Waals surface area (Å²) >= 11 is 6.02. The SMILES string of the molecule is O=C(O)c1cccnc1N(Cl)c1c(F)cc(-c2ccccc2)cc1F. The predicted molar refractivity (Wildman–Crippen MR) is 91.0 cm³/mol. The zero-order valence-corrected chi connectivity index (χ0v) is 13.4. The van der Waals surface area contributed by atoms with Crippen LogP contribution in [0.25, 0.3) is 11.1 Å². The number of hydrogen-bond acceptors (Lipinski definition) is 3. The number of carboxylic acids is 1. The van der Waals surface area contributed by atoms with Gasteiger partial charge in [-0.1, -0.05) is 30.3 Å². The Balaban J connectivity index is 2.08. The zero-order valence-electron chi connectivity index (χ0n) is 12.7. The Kier molecular flexibility index (Phi) is 4.63. The molecule has 0 spiro atoms. The zero-order chi connectivity index (χ0) is 18.0. The molecule has 0 fully saturated rings. The van der Waals surface area contributed by atoms with Crippen LogP contribution in [0.5, 0.6) is 0 Å². The van der Waals surface area contributed by atoms with Crippen molar-refractivity contribution in [3.63, 3.8) is 0 Å². The van der Waals surface area contributed by atoms with Crippen molar-refractivity contribution in [2.45, 2.75) is 0 Å². The second-order valence-electron chi connectivity index (χ2n) is 5.12. The first kappa shape index (κ1) is 16.9. The average Bonchev–Trinajstić information content (AvgIpc) is 2.61. The van der Waals surface area contributed by atoms with E-state index in [1.54, 1.807) is 30.3 Å². The number of benzene rings is 2. The summed E-state index contributed by atoms with van der Waals surface area (Å²) in [4.78, 5) is 15.1. The molecule has 25 heavy (non-hydrogen) atoms. The molecule has 0 saturated carbocycles. The lowest BCUT2D eigenvalue weighted by molar-refractivity contribution is 0.0697. The lowest BCUT2D eigenvalue weighted by atomic mass is 10.0. The Morgan fingerprint density at radius 1 is 1.00 bits per heavy atom. The number of pyridine rings is 1. The standard InChI is InChI=1S/C18H11ClF2N2O2/c19-23(17-13(18(24)25)7-4-8-22-17)16-14(20)9-12(10-15(16)21)11-5-2-1-3-6-11/h1-10H,(H,24,25). The van der Waals surface area contributed by atoms with Crippen molar-refractivity contribution in [1.82, 2.24) is 4.98 Å². The lowest BCUT2D eigenvalue weighted by Crippen LogP contribution is -2.13. The molecule has 0 aliphatic carbocycles. The molecular weight excluding hydrogens is 350 g/mol. The van der Waals surface area contributed by atoms with Crippen LogP contribution in [0.3, 0.4) is 0 Å². The Labute approximate surface area is 147 Å². The van der Waals surface area contributed by atoms with Gasteiger partial charge in [0, 0.05) is 18.0 Å². The van der Waals surface area contributed by atoms with Gasteiger partial charge in [0.1, 0.15) is 11.3 Å². The highest BCUT2D eigenvalue weighted by molar-refractivity contribution is 6.30. The van der Waals surface area contributed by atoms with Gasteiger partial charge < -0.3 is 5.11 Å². The highest BCUT2D eigenvalue weighted by Gasteiger charge is 2.24. The molecule has 2 aromatic carbocycles. The molecule has 0 aliphatic rings. The summed E-state index contributed by atoms with van der Waals surface area (Å²) in [5.41, 5.74) is 0.104. The third-order valence-corrected chi connectivity index (χ3v) is 3.85. The molecule has 0 bridgehead atoms. The largest absolute Gasteiger partial charge is 0.478 e. The first-order valence-corrected chi connectivity index (χ1v) is 7.51. The second kappa shape index (κ2) is 6.86. The molecule has 7 heteroatoms. The summed E-state index contributed by atoms with van der Waals surface area (Å²) in [5.74, 6) is -3.45. The van der Waals surface area contributed by atoms with E-state index in [2.05, 4.69) is 4.98 Å². The van der Waals surface area contributed by atoms with E-state index in [1.807, 2.05) is 0 Å². The van der Waals surface area contributed by atoms with Crippen LogP contribution in [-0.4, -0.2) is 16.1 Å². The lowest BCUT2D eigenvalue weighted by Gasteiger charge is -2.18. The van der Waals surface area contributed by atoms with E-state index >= 15 is 0 Å². The minimum Gasteiger partial charge on any atom is -0.478 e. The second-order valence-corrected chi connectivity index (χ2v) is 5.45. The monoisotopic (exact) mass is 360 g/mol. The number of aromatic nitrogens is 1. The fourth-order valence-corrected chi connectivity index (χ4v) is 2.67. The summed E-state index contributed by atoms with van der Waals surface area (Å²) in [7, 11) is 0. The highest BCUT2D eigenvalue weighted by Crippen LogP contribution is 2.35. The van der Waals surface area contributed by atoms with Crippen LogP contribution < -0.4 is 4.42 Å². The van der Waals surface area contributed by atoms with Crippen LogP contribution in [-0.2, 0) is 0 Å². The topological polar surface area (TPSA) is 53.4 Å². The Morgan fingerprint density at radius 3 is 2.24 bits per heavy atom. The number of halogens is 3. The van der Waals surface area contributed by atoms with Crippen LogP contribution in [0.2, 0.25) is 0 Å². The molecule has 3 rings (SSSR count). The molecule has 4 nitrogen and oxygen atoms in total. The molecule has 1 N–H and O–H groups in total. The third-order valence-electron chi connectivity index (χ3n) is 3.52. The number of rotatable bonds is 4. The minimum atomic E-state index is -1.31. The molecular formula is C18H11ClF2N2O2. The summed E-state index contributed by atoms with van der Waals surface area (Å²) in [6, 6.07) is 13.6. The van der Waals surface area contributed by atoms with Crippen LogP contribution >= 0.6 is 11.8 Å². The number of carbonyl (C=O) groups is 1. The van der Waals surface area contributed by atoms with Gasteiger partial charge in [0.25, 0.3) is 0 Å². The van der Waals surface area contributed by atoms with Crippen molar-refractivity contribution in [1.29, 1.82) is 0 Å². The molecule has 0 unspecified atom stereocenters. The van der Waals surface area contributed by atoms with E-state index in [0.717, 1.165) is 12.1 Å². The van der Waals surface area contributed by atoms with E-state index < -0.39 is 23.3 Å². The summed E-state index contributed by atoms with van der Waals surface area (Å²) in [6.07, 6.45) is 1.28. The predicted octanol–water partition coefficient (Wildman–Crippen LogP) is 5.02.